The Bertz CT molecular complexity index is 2420. The van der Waals surface area contributed by atoms with Crippen LogP contribution in [0.15, 0.2) is 177 Å². The fourth-order valence-corrected chi connectivity index (χ4v) is 6.85. The number of nitrogens with zero attached hydrogens (tertiary/aromatic N) is 7. The quantitative estimate of drug-likeness (QED) is 0.122. The first-order valence-electron chi connectivity index (χ1n) is 17.9. The average molecular weight is 704 g/mol. The van der Waals surface area contributed by atoms with Gasteiger partial charge in [-0.05, 0) is 104 Å². The zero-order chi connectivity index (χ0) is 37.3. The lowest BCUT2D eigenvalue weighted by Gasteiger charge is -2.10. The van der Waals surface area contributed by atoms with Gasteiger partial charge in [-0.2, -0.15) is 0 Å². The molecule has 0 N–H and O–H groups in total. The molecule has 3 aromatic carbocycles. The van der Waals surface area contributed by atoms with Gasteiger partial charge >= 0.3 is 0 Å². The smallest absolute Gasteiger partial charge is 0.0572 e. The van der Waals surface area contributed by atoms with Crippen molar-refractivity contribution in [2.24, 2.45) is 4.99 Å². The summed E-state index contributed by atoms with van der Waals surface area (Å²) >= 11 is 0. The van der Waals surface area contributed by atoms with Gasteiger partial charge in [0, 0.05) is 88.7 Å². The molecule has 0 aliphatic rings. The van der Waals surface area contributed by atoms with Crippen molar-refractivity contribution in [3.8, 4) is 11.4 Å². The number of rotatable bonds is 7. The molecule has 9 aromatic rings. The van der Waals surface area contributed by atoms with E-state index in [1.807, 2.05) is 69.5 Å². The maximum Gasteiger partial charge on any atom is 0.0572 e. The van der Waals surface area contributed by atoms with Crippen LogP contribution in [0.25, 0.3) is 55.0 Å². The van der Waals surface area contributed by atoms with E-state index in [0.717, 1.165) is 67.8 Å². The number of fused-ring (bicyclic) bond motifs is 6. The largest absolute Gasteiger partial charge is 0.309 e. The predicted octanol–water partition coefficient (Wildman–Crippen LogP) is 11.1. The van der Waals surface area contributed by atoms with Crippen LogP contribution in [0.3, 0.4) is 0 Å². The molecule has 0 radical (unpaired) electrons. The molecule has 0 fully saturated rings. The van der Waals surface area contributed by atoms with Gasteiger partial charge in [-0.25, -0.2) is 0 Å². The van der Waals surface area contributed by atoms with Crippen molar-refractivity contribution in [3.05, 3.63) is 194 Å². The van der Waals surface area contributed by atoms with Crippen molar-refractivity contribution in [1.29, 1.82) is 0 Å². The molecule has 6 heterocycles. The van der Waals surface area contributed by atoms with Crippen LogP contribution < -0.4 is 0 Å². The SMILES string of the molecule is C=CC.C=N/C=C\C.c1cc2c(cn1)c1cnccc1n2-c1ccc(Cc2ccc(Cc3ccc(-n4c5ccncc5c5cnccc54)cc3)cc2)cc1. The molecule has 0 amide bonds. The van der Waals surface area contributed by atoms with Crippen LogP contribution in [0.5, 0.6) is 0 Å². The van der Waals surface area contributed by atoms with Gasteiger partial charge in [0.05, 0.1) is 22.1 Å². The standard InChI is InChI=1S/C40H28N6.C4H7N.C3H6/c1-2-28(22-30-7-11-32(12-8-30)46-39-15-19-43-25-35(39)36-26-44-20-16-40(36)46)4-3-27(1)21-29-5-9-31(10-6-29)45-37-13-17-41-23-33(37)34-24-42-18-14-38(34)45;1-3-4-5-2;1-3-2/h1-20,23-26H,21-22H2;3-4H,2H2,1H3;3H,1H2,2H3/b;4-3-;. The van der Waals surface area contributed by atoms with E-state index in [1.165, 1.54) is 22.3 Å². The summed E-state index contributed by atoms with van der Waals surface area (Å²) in [6.45, 7) is 10.4. The van der Waals surface area contributed by atoms with Gasteiger partial charge in [-0.15, -0.1) is 6.58 Å². The van der Waals surface area contributed by atoms with E-state index in [9.17, 15) is 0 Å². The maximum atomic E-state index is 4.35. The second-order valence-electron chi connectivity index (χ2n) is 12.8. The Labute approximate surface area is 315 Å². The average Bonchev–Trinajstić information content (AvgIpc) is 3.73. The highest BCUT2D eigenvalue weighted by molar-refractivity contribution is 6.09. The van der Waals surface area contributed by atoms with E-state index < -0.39 is 0 Å². The lowest BCUT2D eigenvalue weighted by Crippen LogP contribution is -1.96. The molecule has 9 rings (SSSR count). The molecule has 0 saturated carbocycles. The van der Waals surface area contributed by atoms with Crippen molar-refractivity contribution < 1.29 is 0 Å². The van der Waals surface area contributed by atoms with Crippen molar-refractivity contribution in [1.82, 2.24) is 29.1 Å². The molecular formula is C47H41N7. The first-order valence-corrected chi connectivity index (χ1v) is 17.9. The minimum atomic E-state index is 0.889. The minimum absolute atomic E-state index is 0.889. The van der Waals surface area contributed by atoms with Gasteiger partial charge in [-0.1, -0.05) is 60.7 Å². The Morgan fingerprint density at radius 2 is 0.759 bits per heavy atom. The number of aromatic nitrogens is 6. The Morgan fingerprint density at radius 1 is 0.481 bits per heavy atom. The number of hydrogen-bond acceptors (Lipinski definition) is 5. The zero-order valence-corrected chi connectivity index (χ0v) is 30.5. The summed E-state index contributed by atoms with van der Waals surface area (Å²) in [6.07, 6.45) is 22.1. The summed E-state index contributed by atoms with van der Waals surface area (Å²) in [5, 5.41) is 4.46. The first kappa shape index (κ1) is 35.4. The highest BCUT2D eigenvalue weighted by Crippen LogP contribution is 2.32. The molecule has 264 valence electrons. The van der Waals surface area contributed by atoms with Crippen LogP contribution in [0.4, 0.5) is 0 Å². The Hall–Kier alpha value is -6.99. The molecule has 6 aromatic heterocycles. The van der Waals surface area contributed by atoms with Crippen molar-refractivity contribution in [3.63, 3.8) is 0 Å². The highest BCUT2D eigenvalue weighted by Gasteiger charge is 2.13. The minimum Gasteiger partial charge on any atom is -0.309 e. The number of allylic oxidation sites excluding steroid dienone is 2. The zero-order valence-electron chi connectivity index (χ0n) is 30.5. The third kappa shape index (κ3) is 7.34. The van der Waals surface area contributed by atoms with Crippen LogP contribution in [-0.4, -0.2) is 35.8 Å². The Balaban J connectivity index is 0.000000515. The normalized spacial score (nSPS) is 11.0. The Morgan fingerprint density at radius 3 is 1.00 bits per heavy atom. The molecule has 0 atom stereocenters. The fourth-order valence-electron chi connectivity index (χ4n) is 6.85. The van der Waals surface area contributed by atoms with E-state index in [2.05, 4.69) is 144 Å². The molecular weight excluding hydrogens is 663 g/mol. The highest BCUT2D eigenvalue weighted by atomic mass is 15.0. The van der Waals surface area contributed by atoms with Gasteiger partial charge in [0.2, 0.25) is 0 Å². The van der Waals surface area contributed by atoms with E-state index in [1.54, 1.807) is 12.3 Å². The van der Waals surface area contributed by atoms with Gasteiger partial charge in [0.15, 0.2) is 0 Å². The van der Waals surface area contributed by atoms with Crippen LogP contribution in [0.2, 0.25) is 0 Å². The summed E-state index contributed by atoms with van der Waals surface area (Å²) in [7, 11) is 0. The predicted molar refractivity (Wildman–Crippen MR) is 225 cm³/mol. The molecule has 7 heteroatoms. The molecule has 54 heavy (non-hydrogen) atoms. The van der Waals surface area contributed by atoms with Crippen LogP contribution in [-0.2, 0) is 12.8 Å². The summed E-state index contributed by atoms with van der Waals surface area (Å²) in [4.78, 5) is 20.8. The monoisotopic (exact) mass is 703 g/mol. The second kappa shape index (κ2) is 16.6. The van der Waals surface area contributed by atoms with Crippen LogP contribution in [0, 0.1) is 0 Å². The van der Waals surface area contributed by atoms with E-state index in [-0.39, 0.29) is 0 Å². The Kier molecular flexibility index (Phi) is 10.9. The summed E-state index contributed by atoms with van der Waals surface area (Å²) < 4.78 is 4.58. The summed E-state index contributed by atoms with van der Waals surface area (Å²) in [5.41, 5.74) is 12.0. The van der Waals surface area contributed by atoms with Crippen molar-refractivity contribution in [2.75, 3.05) is 0 Å². The van der Waals surface area contributed by atoms with Gasteiger partial charge < -0.3 is 9.13 Å². The molecule has 0 aliphatic carbocycles. The molecule has 0 saturated heterocycles. The second-order valence-corrected chi connectivity index (χ2v) is 12.8. The molecule has 0 aliphatic heterocycles. The fraction of sp³-hybridized carbons (Fsp3) is 0.0851. The third-order valence-electron chi connectivity index (χ3n) is 9.22. The van der Waals surface area contributed by atoms with Gasteiger partial charge in [0.1, 0.15) is 0 Å². The van der Waals surface area contributed by atoms with Gasteiger partial charge in [-0.3, -0.25) is 24.9 Å². The number of benzene rings is 3. The van der Waals surface area contributed by atoms with E-state index >= 15 is 0 Å². The number of hydrogen-bond donors (Lipinski definition) is 0. The van der Waals surface area contributed by atoms with E-state index in [0.29, 0.717) is 0 Å². The topological polar surface area (TPSA) is 73.8 Å². The molecule has 0 spiro atoms. The lowest BCUT2D eigenvalue weighted by atomic mass is 10.00. The van der Waals surface area contributed by atoms with Crippen molar-refractivity contribution >= 4 is 50.3 Å². The van der Waals surface area contributed by atoms with Crippen molar-refractivity contribution in [2.45, 2.75) is 26.7 Å². The number of aliphatic imine (C=N–C) groups is 1. The molecule has 7 nitrogen and oxygen atoms in total. The lowest BCUT2D eigenvalue weighted by molar-refractivity contribution is 1.12. The number of pyridine rings is 4. The first-order chi connectivity index (χ1) is 26.6. The third-order valence-corrected chi connectivity index (χ3v) is 9.22. The molecule has 0 bridgehead atoms. The van der Waals surface area contributed by atoms with Crippen LogP contribution in [0.1, 0.15) is 36.1 Å². The van der Waals surface area contributed by atoms with E-state index in [4.69, 9.17) is 0 Å². The van der Waals surface area contributed by atoms with Gasteiger partial charge in [0.25, 0.3) is 0 Å². The molecule has 0 unspecified atom stereocenters. The summed E-state index contributed by atoms with van der Waals surface area (Å²) in [5.74, 6) is 0. The summed E-state index contributed by atoms with van der Waals surface area (Å²) in [6, 6.07) is 35.1. The van der Waals surface area contributed by atoms with Crippen LogP contribution >= 0.6 is 0 Å². The maximum absolute atomic E-state index is 4.35.